The lowest BCUT2D eigenvalue weighted by atomic mass is 9.96. The number of hydrogen-bond donors (Lipinski definition) is 2. The van der Waals surface area contributed by atoms with E-state index in [0.29, 0.717) is 18.5 Å². The van der Waals surface area contributed by atoms with E-state index in [1.54, 1.807) is 0 Å². The van der Waals surface area contributed by atoms with Crippen molar-refractivity contribution in [3.63, 3.8) is 0 Å². The van der Waals surface area contributed by atoms with Gasteiger partial charge < -0.3 is 5.32 Å². The molecule has 0 heterocycles. The average molecular weight is 384 g/mol. The predicted molar refractivity (Wildman–Crippen MR) is 109 cm³/mol. The highest BCUT2D eigenvalue weighted by Gasteiger charge is 2.19. The van der Waals surface area contributed by atoms with Crippen LogP contribution in [-0.4, -0.2) is 26.7 Å². The van der Waals surface area contributed by atoms with Crippen LogP contribution in [0.15, 0.2) is 24.3 Å². The molecule has 0 aliphatic rings. The first kappa shape index (κ1) is 21.9. The summed E-state index contributed by atoms with van der Waals surface area (Å²) in [6.45, 7) is 3.87. The molecule has 1 aromatic carbocycles. The van der Waals surface area contributed by atoms with Crippen molar-refractivity contribution < 1.29 is 13.8 Å². The van der Waals surface area contributed by atoms with Gasteiger partial charge in [0.2, 0.25) is 5.91 Å². The van der Waals surface area contributed by atoms with Crippen LogP contribution >= 0.6 is 12.6 Å². The van der Waals surface area contributed by atoms with E-state index in [1.807, 2.05) is 38.1 Å². The van der Waals surface area contributed by atoms with Gasteiger partial charge in [0.05, 0.1) is 5.92 Å². The summed E-state index contributed by atoms with van der Waals surface area (Å²) < 4.78 is 11.3. The molecule has 0 radical (unpaired) electrons. The topological polar surface area (TPSA) is 63.2 Å². The Morgan fingerprint density at radius 2 is 1.80 bits per heavy atom. The molecule has 0 aromatic heterocycles. The molecule has 0 fully saturated rings. The SMILES string of the molecule is CCC(C(=O)S)c1ccccc1NC(=O)CCCCCCS(=O)CC. The first-order valence-corrected chi connectivity index (χ1v) is 10.9. The van der Waals surface area contributed by atoms with Gasteiger partial charge in [-0.1, -0.05) is 44.9 Å². The predicted octanol–water partition coefficient (Wildman–Crippen LogP) is 4.29. The molecule has 0 bridgehead atoms. The summed E-state index contributed by atoms with van der Waals surface area (Å²) >= 11 is 3.96. The maximum atomic E-state index is 12.2. The first-order valence-electron chi connectivity index (χ1n) is 8.96. The van der Waals surface area contributed by atoms with Gasteiger partial charge in [-0.25, -0.2) is 0 Å². The highest BCUT2D eigenvalue weighted by atomic mass is 32.2. The van der Waals surface area contributed by atoms with Crippen LogP contribution in [0.4, 0.5) is 5.69 Å². The number of carbonyl (C=O) groups excluding carboxylic acids is 2. The fourth-order valence-electron chi connectivity index (χ4n) is 2.70. The molecule has 2 atom stereocenters. The molecular weight excluding hydrogens is 354 g/mol. The normalized spacial score (nSPS) is 13.2. The fraction of sp³-hybridized carbons (Fsp3) is 0.579. The minimum atomic E-state index is -0.693. The number of anilines is 1. The zero-order chi connectivity index (χ0) is 18.7. The van der Waals surface area contributed by atoms with Crippen molar-refractivity contribution in [1.29, 1.82) is 0 Å². The fourth-order valence-corrected chi connectivity index (χ4v) is 3.84. The molecule has 0 saturated heterocycles. The zero-order valence-electron chi connectivity index (χ0n) is 15.1. The smallest absolute Gasteiger partial charge is 0.224 e. The van der Waals surface area contributed by atoms with Crippen LogP contribution in [0, 0.1) is 0 Å². The number of benzene rings is 1. The summed E-state index contributed by atoms with van der Waals surface area (Å²) in [6, 6.07) is 7.41. The van der Waals surface area contributed by atoms with Crippen LogP contribution in [0.25, 0.3) is 0 Å². The van der Waals surface area contributed by atoms with Gasteiger partial charge in [0, 0.05) is 34.4 Å². The quantitative estimate of drug-likeness (QED) is 0.418. The Morgan fingerprint density at radius 1 is 1.12 bits per heavy atom. The third kappa shape index (κ3) is 8.19. The van der Waals surface area contributed by atoms with Gasteiger partial charge in [-0.2, -0.15) is 0 Å². The molecule has 0 spiro atoms. The standard InChI is InChI=1S/C19H29NO3S2/c1-3-15(19(22)24)16-11-8-9-12-17(16)20-18(21)13-7-5-6-10-14-25(23)4-2/h8-9,11-12,15H,3-7,10,13-14H2,1-2H3,(H,20,21)(H,22,24). The second kappa shape index (κ2) is 12.3. The Bertz CT molecular complexity index is 590. The van der Waals surface area contributed by atoms with Crippen molar-refractivity contribution in [3.05, 3.63) is 29.8 Å². The Morgan fingerprint density at radius 3 is 2.44 bits per heavy atom. The molecule has 140 valence electrons. The number of carbonyl (C=O) groups is 2. The van der Waals surface area contributed by atoms with Gasteiger partial charge in [-0.05, 0) is 30.9 Å². The van der Waals surface area contributed by atoms with Crippen LogP contribution < -0.4 is 5.32 Å². The van der Waals surface area contributed by atoms with E-state index in [2.05, 4.69) is 17.9 Å². The van der Waals surface area contributed by atoms with Gasteiger partial charge in [0.1, 0.15) is 0 Å². The van der Waals surface area contributed by atoms with Crippen molar-refractivity contribution in [1.82, 2.24) is 0 Å². The van der Waals surface area contributed by atoms with Gasteiger partial charge >= 0.3 is 0 Å². The second-order valence-electron chi connectivity index (χ2n) is 6.03. The number of amides is 1. The number of para-hydroxylation sites is 1. The third-order valence-electron chi connectivity index (χ3n) is 4.16. The summed E-state index contributed by atoms with van der Waals surface area (Å²) in [5, 5.41) is 2.74. The van der Waals surface area contributed by atoms with Gasteiger partial charge in [-0.3, -0.25) is 13.8 Å². The minimum absolute atomic E-state index is 0.0361. The molecule has 0 aliphatic heterocycles. The number of thiol groups is 1. The Hall–Kier alpha value is -1.14. The second-order valence-corrected chi connectivity index (χ2v) is 8.34. The van der Waals surface area contributed by atoms with Crippen molar-refractivity contribution in [2.45, 2.75) is 58.3 Å². The summed E-state index contributed by atoms with van der Waals surface area (Å²) in [7, 11) is -0.693. The van der Waals surface area contributed by atoms with Crippen LogP contribution in [0.1, 0.15) is 63.9 Å². The summed E-state index contributed by atoms with van der Waals surface area (Å²) in [4.78, 5) is 23.9. The van der Waals surface area contributed by atoms with E-state index >= 15 is 0 Å². The highest BCUT2D eigenvalue weighted by molar-refractivity contribution is 7.96. The van der Waals surface area contributed by atoms with Crippen molar-refractivity contribution in [2.75, 3.05) is 16.8 Å². The van der Waals surface area contributed by atoms with Crippen molar-refractivity contribution in [3.8, 4) is 0 Å². The molecule has 0 saturated carbocycles. The lowest BCUT2D eigenvalue weighted by Crippen LogP contribution is -2.15. The highest BCUT2D eigenvalue weighted by Crippen LogP contribution is 2.29. The van der Waals surface area contributed by atoms with E-state index in [1.165, 1.54) is 0 Å². The summed E-state index contributed by atoms with van der Waals surface area (Å²) in [5.74, 6) is 1.13. The molecule has 0 aliphatic carbocycles. The number of nitrogens with one attached hydrogen (secondary N) is 1. The number of hydrogen-bond acceptors (Lipinski definition) is 3. The van der Waals surface area contributed by atoms with E-state index in [4.69, 9.17) is 0 Å². The average Bonchev–Trinajstić information content (AvgIpc) is 2.59. The molecular formula is C19H29NO3S2. The van der Waals surface area contributed by atoms with Crippen molar-refractivity contribution in [2.24, 2.45) is 0 Å². The number of rotatable bonds is 12. The monoisotopic (exact) mass is 383 g/mol. The van der Waals surface area contributed by atoms with E-state index in [0.717, 1.165) is 42.8 Å². The molecule has 2 unspecified atom stereocenters. The van der Waals surface area contributed by atoms with Crippen LogP contribution in [0.5, 0.6) is 0 Å². The van der Waals surface area contributed by atoms with Crippen LogP contribution in [-0.2, 0) is 20.4 Å². The van der Waals surface area contributed by atoms with Gasteiger partial charge in [0.15, 0.2) is 5.12 Å². The minimum Gasteiger partial charge on any atom is -0.326 e. The maximum absolute atomic E-state index is 12.2. The summed E-state index contributed by atoms with van der Waals surface area (Å²) in [5.41, 5.74) is 1.51. The maximum Gasteiger partial charge on any atom is 0.224 e. The molecule has 6 heteroatoms. The largest absolute Gasteiger partial charge is 0.326 e. The van der Waals surface area contributed by atoms with E-state index < -0.39 is 10.8 Å². The Kier molecular flexibility index (Phi) is 10.7. The van der Waals surface area contributed by atoms with E-state index in [-0.39, 0.29) is 16.9 Å². The van der Waals surface area contributed by atoms with Crippen molar-refractivity contribution >= 4 is 40.1 Å². The molecule has 1 aromatic rings. The Labute approximate surface area is 159 Å². The van der Waals surface area contributed by atoms with Gasteiger partial charge in [-0.15, -0.1) is 12.6 Å². The first-order chi connectivity index (χ1) is 12.0. The molecule has 1 amide bonds. The molecule has 4 nitrogen and oxygen atoms in total. The van der Waals surface area contributed by atoms with Crippen LogP contribution in [0.3, 0.4) is 0 Å². The third-order valence-corrected chi connectivity index (χ3v) is 5.86. The summed E-state index contributed by atoms with van der Waals surface area (Å²) in [6.07, 6.45) is 4.83. The molecule has 1 N–H and O–H groups in total. The van der Waals surface area contributed by atoms with Gasteiger partial charge in [0.25, 0.3) is 0 Å². The molecule has 1 rings (SSSR count). The molecule has 25 heavy (non-hydrogen) atoms. The zero-order valence-corrected chi connectivity index (χ0v) is 16.8. The Balaban J connectivity index is 2.45. The lowest BCUT2D eigenvalue weighted by molar-refractivity contribution is -0.116. The number of unbranched alkanes of at least 4 members (excludes halogenated alkanes) is 3. The van der Waals surface area contributed by atoms with E-state index in [9.17, 15) is 13.8 Å². The van der Waals surface area contributed by atoms with Crippen LogP contribution in [0.2, 0.25) is 0 Å². The lowest BCUT2D eigenvalue weighted by Gasteiger charge is -2.16.